The minimum Gasteiger partial charge on any atom is -0.481 e. The van der Waals surface area contributed by atoms with Crippen molar-refractivity contribution >= 4 is 11.8 Å². The minimum atomic E-state index is -0.843. The third kappa shape index (κ3) is 4.24. The van der Waals surface area contributed by atoms with E-state index in [4.69, 9.17) is 4.52 Å². The van der Waals surface area contributed by atoms with Crippen LogP contribution in [0.2, 0.25) is 0 Å². The molecule has 1 aliphatic heterocycles. The van der Waals surface area contributed by atoms with Crippen LogP contribution in [0.3, 0.4) is 0 Å². The van der Waals surface area contributed by atoms with Crippen molar-refractivity contribution in [3.63, 3.8) is 0 Å². The predicted molar refractivity (Wildman–Crippen MR) is 117 cm³/mol. The summed E-state index contributed by atoms with van der Waals surface area (Å²) in [6, 6.07) is 9.73. The molecule has 1 saturated heterocycles. The highest BCUT2D eigenvalue weighted by Gasteiger charge is 2.27. The third-order valence-electron chi connectivity index (χ3n) is 5.86. The Bertz CT molecular complexity index is 1320. The number of carboxylic acid groups (broad SMARTS) is 1. The number of halogens is 2. The monoisotopic (exact) mass is 466 g/mol. The third-order valence-corrected chi connectivity index (χ3v) is 5.86. The summed E-state index contributed by atoms with van der Waals surface area (Å²) < 4.78 is 35.4. The van der Waals surface area contributed by atoms with Gasteiger partial charge in [0.25, 0.3) is 0 Å². The second kappa shape index (κ2) is 9.00. The van der Waals surface area contributed by atoms with Crippen molar-refractivity contribution in [1.82, 2.24) is 24.9 Å². The fraction of sp³-hybridized carbons (Fsp3) is 0.261. The Morgan fingerprint density at radius 2 is 1.91 bits per heavy atom. The molecule has 9 nitrogen and oxygen atoms in total. The van der Waals surface area contributed by atoms with Crippen LogP contribution in [0.1, 0.15) is 18.4 Å². The summed E-state index contributed by atoms with van der Waals surface area (Å²) in [4.78, 5) is 21.4. The van der Waals surface area contributed by atoms with Crippen LogP contribution in [0.15, 0.2) is 53.4 Å². The molecule has 0 unspecified atom stereocenters. The Kier molecular flexibility index (Phi) is 5.74. The summed E-state index contributed by atoms with van der Waals surface area (Å²) in [6.45, 7) is 0.873. The number of benzene rings is 1. The van der Waals surface area contributed by atoms with Crippen LogP contribution in [-0.2, 0) is 11.3 Å². The zero-order chi connectivity index (χ0) is 23.7. The summed E-state index contributed by atoms with van der Waals surface area (Å²) in [5.41, 5.74) is 1.84. The zero-order valence-corrected chi connectivity index (χ0v) is 17.9. The fourth-order valence-corrected chi connectivity index (χ4v) is 4.03. The van der Waals surface area contributed by atoms with E-state index in [2.05, 4.69) is 20.2 Å². The van der Waals surface area contributed by atoms with E-state index in [0.29, 0.717) is 48.6 Å². The lowest BCUT2D eigenvalue weighted by Gasteiger charge is -2.31. The number of rotatable bonds is 6. The largest absolute Gasteiger partial charge is 0.481 e. The highest BCUT2D eigenvalue weighted by atomic mass is 19.1. The molecule has 0 spiro atoms. The molecule has 0 radical (unpaired) electrons. The maximum absolute atomic E-state index is 14.6. The molecule has 11 heteroatoms. The Hall–Kier alpha value is -4.15. The average Bonchev–Trinajstić information content (AvgIpc) is 3.51. The molecule has 3 aromatic heterocycles. The molecule has 1 aromatic carbocycles. The van der Waals surface area contributed by atoms with E-state index >= 15 is 0 Å². The molecule has 5 rings (SSSR count). The first-order valence-electron chi connectivity index (χ1n) is 10.7. The van der Waals surface area contributed by atoms with Crippen molar-refractivity contribution in [2.75, 3.05) is 18.0 Å². The molecule has 4 aromatic rings. The topological polar surface area (TPSA) is 110 Å². The highest BCUT2D eigenvalue weighted by Crippen LogP contribution is 2.28. The lowest BCUT2D eigenvalue weighted by atomic mass is 9.97. The van der Waals surface area contributed by atoms with E-state index in [1.165, 1.54) is 12.3 Å². The van der Waals surface area contributed by atoms with Crippen LogP contribution in [0.5, 0.6) is 0 Å². The molecule has 0 amide bonds. The summed E-state index contributed by atoms with van der Waals surface area (Å²) in [6.07, 6.45) is 3.30. The van der Waals surface area contributed by atoms with E-state index < -0.39 is 17.7 Å². The SMILES string of the molecule is O=C(O)C1CCN(c2nc(-c3cc(-c4ccon4)n(Cc4ccccc4F)n3)ncc2F)CC1. The maximum atomic E-state index is 14.6. The van der Waals surface area contributed by atoms with Crippen molar-refractivity contribution in [2.45, 2.75) is 19.4 Å². The Labute approximate surface area is 192 Å². The van der Waals surface area contributed by atoms with E-state index in [1.54, 1.807) is 39.9 Å². The summed E-state index contributed by atoms with van der Waals surface area (Å²) in [5, 5.41) is 17.7. The van der Waals surface area contributed by atoms with Gasteiger partial charge in [0.1, 0.15) is 23.5 Å². The Balaban J connectivity index is 1.49. The fourth-order valence-electron chi connectivity index (χ4n) is 4.03. The Morgan fingerprint density at radius 3 is 2.62 bits per heavy atom. The van der Waals surface area contributed by atoms with Crippen molar-refractivity contribution in [1.29, 1.82) is 0 Å². The average molecular weight is 466 g/mol. The number of hydrogen-bond acceptors (Lipinski definition) is 7. The van der Waals surface area contributed by atoms with Gasteiger partial charge in [-0.1, -0.05) is 23.4 Å². The zero-order valence-electron chi connectivity index (χ0n) is 17.9. The molecule has 0 atom stereocenters. The van der Waals surface area contributed by atoms with Crippen LogP contribution in [0.25, 0.3) is 22.9 Å². The lowest BCUT2D eigenvalue weighted by molar-refractivity contribution is -0.142. The molecule has 1 N–H and O–H groups in total. The van der Waals surface area contributed by atoms with E-state index in [0.717, 1.165) is 6.20 Å². The number of aromatic nitrogens is 5. The first-order valence-corrected chi connectivity index (χ1v) is 10.7. The number of aliphatic carboxylic acids is 1. The van der Waals surface area contributed by atoms with Gasteiger partial charge in [-0.2, -0.15) is 5.10 Å². The van der Waals surface area contributed by atoms with Crippen LogP contribution in [0, 0.1) is 17.6 Å². The van der Waals surface area contributed by atoms with Gasteiger partial charge < -0.3 is 14.5 Å². The van der Waals surface area contributed by atoms with Gasteiger partial charge in [-0.15, -0.1) is 0 Å². The standard InChI is InChI=1S/C23H20F2N6O3/c24-16-4-2-1-3-15(16)13-31-20(18-7-10-34-29-18)11-19(28-31)21-26-12-17(25)22(27-21)30-8-5-14(6-9-30)23(32)33/h1-4,7,10-12,14H,5-6,8-9,13H2,(H,32,33). The first kappa shape index (κ1) is 21.7. The van der Waals surface area contributed by atoms with Gasteiger partial charge in [0, 0.05) is 24.7 Å². The van der Waals surface area contributed by atoms with Gasteiger partial charge >= 0.3 is 5.97 Å². The van der Waals surface area contributed by atoms with Crippen LogP contribution in [-0.4, -0.2) is 49.1 Å². The van der Waals surface area contributed by atoms with Gasteiger partial charge in [-0.3, -0.25) is 9.48 Å². The van der Waals surface area contributed by atoms with E-state index in [9.17, 15) is 18.7 Å². The molecular weight excluding hydrogens is 446 g/mol. The first-order chi connectivity index (χ1) is 16.5. The van der Waals surface area contributed by atoms with Crippen molar-refractivity contribution in [2.24, 2.45) is 5.92 Å². The Morgan fingerprint density at radius 1 is 1.12 bits per heavy atom. The molecule has 34 heavy (non-hydrogen) atoms. The number of carboxylic acids is 1. The predicted octanol–water partition coefficient (Wildman–Crippen LogP) is 3.62. The number of nitrogens with zero attached hydrogens (tertiary/aromatic N) is 6. The van der Waals surface area contributed by atoms with Gasteiger partial charge in [0.05, 0.1) is 24.4 Å². The molecule has 1 fully saturated rings. The quantitative estimate of drug-likeness (QED) is 0.459. The second-order valence-corrected chi connectivity index (χ2v) is 8.01. The molecule has 1 aliphatic rings. The van der Waals surface area contributed by atoms with Crippen LogP contribution < -0.4 is 4.90 Å². The van der Waals surface area contributed by atoms with Gasteiger partial charge in [-0.25, -0.2) is 18.7 Å². The molecule has 0 aliphatic carbocycles. The molecular formula is C23H20F2N6O3. The lowest BCUT2D eigenvalue weighted by Crippen LogP contribution is -2.37. The van der Waals surface area contributed by atoms with Crippen LogP contribution >= 0.6 is 0 Å². The number of carbonyl (C=O) groups is 1. The van der Waals surface area contributed by atoms with Gasteiger partial charge in [0.15, 0.2) is 17.5 Å². The summed E-state index contributed by atoms with van der Waals surface area (Å²) in [7, 11) is 0. The molecule has 4 heterocycles. The van der Waals surface area contributed by atoms with Gasteiger partial charge in [-0.05, 0) is 25.0 Å². The molecule has 0 saturated carbocycles. The second-order valence-electron chi connectivity index (χ2n) is 8.01. The number of hydrogen-bond donors (Lipinski definition) is 1. The van der Waals surface area contributed by atoms with Crippen molar-refractivity contribution < 1.29 is 23.2 Å². The smallest absolute Gasteiger partial charge is 0.306 e. The van der Waals surface area contributed by atoms with Crippen molar-refractivity contribution in [3.8, 4) is 22.9 Å². The summed E-state index contributed by atoms with van der Waals surface area (Å²) >= 11 is 0. The van der Waals surface area contributed by atoms with E-state index in [1.807, 2.05) is 0 Å². The highest BCUT2D eigenvalue weighted by molar-refractivity contribution is 5.70. The van der Waals surface area contributed by atoms with Gasteiger partial charge in [0.2, 0.25) is 0 Å². The van der Waals surface area contributed by atoms with Crippen LogP contribution in [0.4, 0.5) is 14.6 Å². The normalized spacial score (nSPS) is 14.5. The molecule has 0 bridgehead atoms. The molecule has 174 valence electrons. The maximum Gasteiger partial charge on any atom is 0.306 e. The summed E-state index contributed by atoms with van der Waals surface area (Å²) in [5.74, 6) is -1.96. The van der Waals surface area contributed by atoms with Crippen molar-refractivity contribution in [3.05, 3.63) is 66.1 Å². The minimum absolute atomic E-state index is 0.0977. The number of anilines is 1. The number of piperidine rings is 1. The van der Waals surface area contributed by atoms with E-state index in [-0.39, 0.29) is 24.0 Å².